The Morgan fingerprint density at radius 2 is 1.75 bits per heavy atom. The monoisotopic (exact) mass is 497 g/mol. The molecule has 1 aliphatic heterocycles. The van der Waals surface area contributed by atoms with Crippen LogP contribution < -0.4 is 14.8 Å². The van der Waals surface area contributed by atoms with Crippen molar-refractivity contribution in [1.82, 2.24) is 0 Å². The van der Waals surface area contributed by atoms with Crippen molar-refractivity contribution < 1.29 is 43.5 Å². The highest BCUT2D eigenvalue weighted by molar-refractivity contribution is 6.00. The van der Waals surface area contributed by atoms with Crippen molar-refractivity contribution >= 4 is 17.6 Å². The highest BCUT2D eigenvalue weighted by Gasteiger charge is 2.35. The lowest BCUT2D eigenvalue weighted by Crippen LogP contribution is -2.13. The molecule has 4 N–H and O–H groups in total. The number of rotatable bonds is 7. The zero-order valence-electron chi connectivity index (χ0n) is 19.8. The van der Waals surface area contributed by atoms with E-state index in [0.29, 0.717) is 11.3 Å². The molecule has 0 spiro atoms. The average Bonchev–Trinajstić information content (AvgIpc) is 2.96. The minimum absolute atomic E-state index is 0.0165. The number of benzene rings is 3. The van der Waals surface area contributed by atoms with Crippen molar-refractivity contribution in [2.24, 2.45) is 0 Å². The first kappa shape index (κ1) is 24.8. The lowest BCUT2D eigenvalue weighted by atomic mass is 10.00. The molecule has 1 heterocycles. The van der Waals surface area contributed by atoms with E-state index in [9.17, 15) is 29.3 Å². The molecule has 1 aliphatic rings. The summed E-state index contributed by atoms with van der Waals surface area (Å²) in [4.78, 5) is 25.2. The number of halogens is 1. The first-order valence-corrected chi connectivity index (χ1v) is 11.1. The number of ether oxygens (including phenoxy) is 3. The molecule has 0 saturated carbocycles. The number of aromatic hydroxyl groups is 2. The fourth-order valence-electron chi connectivity index (χ4n) is 4.04. The van der Waals surface area contributed by atoms with Crippen LogP contribution in [0.25, 0.3) is 0 Å². The predicted octanol–water partition coefficient (Wildman–Crippen LogP) is 5.03. The summed E-state index contributed by atoms with van der Waals surface area (Å²) in [5.41, 5.74) is 0.676. The van der Waals surface area contributed by atoms with Crippen molar-refractivity contribution in [3.63, 3.8) is 0 Å². The van der Waals surface area contributed by atoms with Gasteiger partial charge in [0.15, 0.2) is 17.2 Å². The first-order valence-electron chi connectivity index (χ1n) is 11.1. The second-order valence-electron chi connectivity index (χ2n) is 8.17. The van der Waals surface area contributed by atoms with Gasteiger partial charge in [0.2, 0.25) is 0 Å². The quantitative estimate of drug-likeness (QED) is 0.262. The van der Waals surface area contributed by atoms with Gasteiger partial charge < -0.3 is 34.8 Å². The third kappa shape index (κ3) is 4.38. The molecule has 0 radical (unpaired) electrons. The van der Waals surface area contributed by atoms with Gasteiger partial charge in [-0.2, -0.15) is 0 Å². The smallest absolute Gasteiger partial charge is 0.347 e. The highest BCUT2D eigenvalue weighted by atomic mass is 19.1. The number of hydrogen-bond acceptors (Lipinski definition) is 8. The van der Waals surface area contributed by atoms with Gasteiger partial charge in [0.1, 0.15) is 28.4 Å². The standard InChI is InChI=1S/C26H24FNO8/c1-4-34-11-17-21(30)20(25(31)32)13(3)22-24(17)36-26(33)19-12(2)9-18(29)16(23(19)35-22)10-28-15-7-5-14(27)6-8-15/h5-9,28-30H,4,10-11H2,1-3H3,(H,31,32). The van der Waals surface area contributed by atoms with Crippen molar-refractivity contribution in [2.45, 2.75) is 33.9 Å². The molecule has 0 atom stereocenters. The SMILES string of the molecule is CCOCc1c(O)c(C(=O)O)c(C)c2c1OC(=O)c1c(C)cc(O)c(CNc3ccc(F)cc3)c1O2. The number of anilines is 1. The van der Waals surface area contributed by atoms with Gasteiger partial charge in [0.25, 0.3) is 0 Å². The highest BCUT2D eigenvalue weighted by Crippen LogP contribution is 2.50. The number of nitrogens with one attached hydrogen (secondary N) is 1. The summed E-state index contributed by atoms with van der Waals surface area (Å²) in [5.74, 6) is -3.70. The number of carboxylic acid groups (broad SMARTS) is 1. The van der Waals surface area contributed by atoms with Gasteiger partial charge in [-0.25, -0.2) is 14.0 Å². The van der Waals surface area contributed by atoms with E-state index in [2.05, 4.69) is 5.32 Å². The normalized spacial score (nSPS) is 12.2. The topological polar surface area (TPSA) is 135 Å². The summed E-state index contributed by atoms with van der Waals surface area (Å²) in [7, 11) is 0. The van der Waals surface area contributed by atoms with Crippen LogP contribution in [0.3, 0.4) is 0 Å². The van der Waals surface area contributed by atoms with Crippen LogP contribution in [0.1, 0.15) is 49.9 Å². The van der Waals surface area contributed by atoms with E-state index in [-0.39, 0.29) is 65.0 Å². The molecule has 3 aromatic carbocycles. The largest absolute Gasteiger partial charge is 0.507 e. The molecule has 0 aliphatic carbocycles. The van der Waals surface area contributed by atoms with Crippen molar-refractivity contribution in [1.29, 1.82) is 0 Å². The second-order valence-corrected chi connectivity index (χ2v) is 8.17. The molecule has 0 unspecified atom stereocenters. The summed E-state index contributed by atoms with van der Waals surface area (Å²) in [6.07, 6.45) is 0. The minimum atomic E-state index is -1.41. The number of phenolic OH excluding ortho intramolecular Hbond substituents is 1. The van der Waals surface area contributed by atoms with Gasteiger partial charge in [0, 0.05) is 24.4 Å². The Balaban J connectivity index is 1.89. The van der Waals surface area contributed by atoms with Crippen LogP contribution in [-0.2, 0) is 17.9 Å². The van der Waals surface area contributed by atoms with Crippen molar-refractivity contribution in [2.75, 3.05) is 11.9 Å². The van der Waals surface area contributed by atoms with E-state index >= 15 is 0 Å². The maximum Gasteiger partial charge on any atom is 0.347 e. The fraction of sp³-hybridized carbons (Fsp3) is 0.231. The number of carboxylic acids is 1. The van der Waals surface area contributed by atoms with E-state index in [1.165, 1.54) is 37.3 Å². The van der Waals surface area contributed by atoms with Crippen LogP contribution in [0.4, 0.5) is 10.1 Å². The Kier molecular flexibility index (Phi) is 6.71. The number of esters is 1. The number of carbonyl (C=O) groups is 2. The Hall–Kier alpha value is -4.31. The van der Waals surface area contributed by atoms with Gasteiger partial charge >= 0.3 is 11.9 Å². The number of fused-ring (bicyclic) bond motifs is 2. The molecule has 0 amide bonds. The Morgan fingerprint density at radius 1 is 1.06 bits per heavy atom. The predicted molar refractivity (Wildman–Crippen MR) is 127 cm³/mol. The van der Waals surface area contributed by atoms with Crippen LogP contribution in [0, 0.1) is 19.7 Å². The zero-order valence-corrected chi connectivity index (χ0v) is 19.8. The van der Waals surface area contributed by atoms with E-state index in [1.54, 1.807) is 13.8 Å². The van der Waals surface area contributed by atoms with Gasteiger partial charge in [-0.3, -0.25) is 0 Å². The van der Waals surface area contributed by atoms with Gasteiger partial charge in [-0.1, -0.05) is 0 Å². The second kappa shape index (κ2) is 9.74. The summed E-state index contributed by atoms with van der Waals surface area (Å²) in [5, 5.41) is 34.2. The van der Waals surface area contributed by atoms with Crippen LogP contribution in [0.5, 0.6) is 28.7 Å². The van der Waals surface area contributed by atoms with Gasteiger partial charge in [-0.15, -0.1) is 0 Å². The van der Waals surface area contributed by atoms with Crippen LogP contribution in [0.2, 0.25) is 0 Å². The van der Waals surface area contributed by atoms with E-state index in [4.69, 9.17) is 14.2 Å². The maximum atomic E-state index is 13.3. The maximum absolute atomic E-state index is 13.3. The number of phenols is 2. The molecule has 188 valence electrons. The molecule has 3 aromatic rings. The summed E-state index contributed by atoms with van der Waals surface area (Å²) < 4.78 is 30.4. The molecule has 10 heteroatoms. The number of carbonyl (C=O) groups excluding carboxylic acids is 1. The summed E-state index contributed by atoms with van der Waals surface area (Å²) in [6, 6.07) is 6.94. The van der Waals surface area contributed by atoms with Crippen molar-refractivity contribution in [3.05, 3.63) is 69.5 Å². The molecule has 4 rings (SSSR count). The molecule has 0 saturated heterocycles. The van der Waals surface area contributed by atoms with E-state index in [1.807, 2.05) is 0 Å². The fourth-order valence-corrected chi connectivity index (χ4v) is 4.04. The molecule has 9 nitrogen and oxygen atoms in total. The van der Waals surface area contributed by atoms with Crippen LogP contribution in [-0.4, -0.2) is 33.9 Å². The van der Waals surface area contributed by atoms with Crippen LogP contribution in [0.15, 0.2) is 30.3 Å². The molecule has 0 aromatic heterocycles. The molecule has 0 fully saturated rings. The van der Waals surface area contributed by atoms with Crippen molar-refractivity contribution in [3.8, 4) is 28.7 Å². The Bertz CT molecular complexity index is 1370. The Labute approximate surface area is 205 Å². The molecule has 36 heavy (non-hydrogen) atoms. The van der Waals surface area contributed by atoms with E-state index < -0.39 is 29.1 Å². The lowest BCUT2D eigenvalue weighted by molar-refractivity contribution is 0.0691. The molecule has 0 bridgehead atoms. The number of aryl methyl sites for hydroxylation is 1. The minimum Gasteiger partial charge on any atom is -0.507 e. The van der Waals surface area contributed by atoms with Gasteiger partial charge in [-0.05, 0) is 56.7 Å². The third-order valence-electron chi connectivity index (χ3n) is 5.86. The Morgan fingerprint density at radius 3 is 2.39 bits per heavy atom. The lowest BCUT2D eigenvalue weighted by Gasteiger charge is -2.19. The summed E-state index contributed by atoms with van der Waals surface area (Å²) in [6.45, 7) is 4.72. The van der Waals surface area contributed by atoms with E-state index in [0.717, 1.165) is 0 Å². The molecular weight excluding hydrogens is 473 g/mol. The number of aromatic carboxylic acids is 1. The summed E-state index contributed by atoms with van der Waals surface area (Å²) >= 11 is 0. The third-order valence-corrected chi connectivity index (χ3v) is 5.86. The average molecular weight is 497 g/mol. The number of hydrogen-bond donors (Lipinski definition) is 4. The van der Waals surface area contributed by atoms with Gasteiger partial charge in [0.05, 0.1) is 17.7 Å². The molecular formula is C26H24FNO8. The zero-order chi connectivity index (χ0) is 26.1. The first-order chi connectivity index (χ1) is 17.1. The van der Waals surface area contributed by atoms with Crippen LogP contribution >= 0.6 is 0 Å².